The van der Waals surface area contributed by atoms with Crippen LogP contribution in [-0.2, 0) is 20.8 Å². The first-order valence-corrected chi connectivity index (χ1v) is 11.3. The van der Waals surface area contributed by atoms with Gasteiger partial charge in [0.2, 0.25) is 0 Å². The zero-order valence-corrected chi connectivity index (χ0v) is 20.1. The summed E-state index contributed by atoms with van der Waals surface area (Å²) in [5.74, 6) is -1.39. The first-order chi connectivity index (χ1) is 17.5. The highest BCUT2D eigenvalue weighted by Gasteiger charge is 2.14. The normalized spacial score (nSPS) is 10.5. The van der Waals surface area contributed by atoms with Crippen LogP contribution in [0.2, 0.25) is 0 Å². The third-order valence-electron chi connectivity index (χ3n) is 5.11. The van der Waals surface area contributed by atoms with E-state index in [2.05, 4.69) is 21.2 Å². The molecule has 0 saturated carbocycles. The highest BCUT2D eigenvalue weighted by Crippen LogP contribution is 2.30. The second kappa shape index (κ2) is 13.3. The van der Waals surface area contributed by atoms with Crippen LogP contribution in [0, 0.1) is 6.92 Å². The molecular weight excluding hydrogens is 460 g/mol. The molecule has 9 nitrogen and oxygen atoms in total. The van der Waals surface area contributed by atoms with Crippen LogP contribution >= 0.6 is 0 Å². The third-order valence-corrected chi connectivity index (χ3v) is 5.11. The smallest absolute Gasteiger partial charge is 0.329 e. The molecule has 0 unspecified atom stereocenters. The highest BCUT2D eigenvalue weighted by molar-refractivity contribution is 6.35. The third kappa shape index (κ3) is 7.69. The van der Waals surface area contributed by atoms with Crippen molar-refractivity contribution in [3.8, 4) is 11.5 Å². The number of nitrogens with zero attached hydrogens (tertiary/aromatic N) is 1. The fourth-order valence-electron chi connectivity index (χ4n) is 3.24. The molecule has 3 rings (SSSR count). The van der Waals surface area contributed by atoms with E-state index in [1.165, 1.54) is 13.3 Å². The molecule has 0 fully saturated rings. The first-order valence-electron chi connectivity index (χ1n) is 11.3. The van der Waals surface area contributed by atoms with Crippen molar-refractivity contribution in [3.05, 3.63) is 89.5 Å². The Kier molecular flexibility index (Phi) is 9.58. The molecule has 0 radical (unpaired) electrons. The number of aryl methyl sites for hydroxylation is 1. The van der Waals surface area contributed by atoms with Crippen LogP contribution < -0.4 is 25.5 Å². The number of anilines is 1. The van der Waals surface area contributed by atoms with Gasteiger partial charge in [-0.05, 0) is 42.7 Å². The molecule has 0 bridgehead atoms. The van der Waals surface area contributed by atoms with Crippen molar-refractivity contribution in [1.82, 2.24) is 10.7 Å². The molecule has 0 atom stereocenters. The van der Waals surface area contributed by atoms with Gasteiger partial charge in [0.15, 0.2) is 18.1 Å². The maximum absolute atomic E-state index is 12.4. The minimum Gasteiger partial charge on any atom is -0.493 e. The number of ether oxygens (including phenoxy) is 2. The van der Waals surface area contributed by atoms with Crippen LogP contribution in [0.4, 0.5) is 5.69 Å². The standard InChI is InChI=1S/C27H28N4O5/c1-19-9-6-7-13-22(19)30-24(32)18-36-25-21(12-8-14-23(25)35-2)17-29-31-27(34)26(33)28-16-15-20-10-4-3-5-11-20/h3-14,17H,15-16,18H2,1-2H3,(H,28,33)(H,30,32)(H,31,34)/b29-17-. The van der Waals surface area contributed by atoms with Crippen LogP contribution in [0.15, 0.2) is 77.9 Å². The lowest BCUT2D eigenvalue weighted by atomic mass is 10.1. The van der Waals surface area contributed by atoms with Crippen LogP contribution in [0.5, 0.6) is 11.5 Å². The molecule has 3 aromatic rings. The predicted octanol–water partition coefficient (Wildman–Crippen LogP) is 2.83. The van der Waals surface area contributed by atoms with Crippen LogP contribution in [0.3, 0.4) is 0 Å². The van der Waals surface area contributed by atoms with Gasteiger partial charge in [-0.2, -0.15) is 5.10 Å². The van der Waals surface area contributed by atoms with Crippen molar-refractivity contribution in [2.75, 3.05) is 25.6 Å². The number of carbonyl (C=O) groups is 3. The molecule has 0 aliphatic rings. The molecular formula is C27H28N4O5. The molecule has 3 amide bonds. The highest BCUT2D eigenvalue weighted by atomic mass is 16.5. The topological polar surface area (TPSA) is 118 Å². The Morgan fingerprint density at radius 3 is 2.42 bits per heavy atom. The number of para-hydroxylation sites is 2. The summed E-state index contributed by atoms with van der Waals surface area (Å²) in [5.41, 5.74) is 5.31. The van der Waals surface area contributed by atoms with E-state index in [9.17, 15) is 14.4 Å². The minimum absolute atomic E-state index is 0.269. The quantitative estimate of drug-likeness (QED) is 0.230. The average molecular weight is 489 g/mol. The largest absolute Gasteiger partial charge is 0.493 e. The van der Waals surface area contributed by atoms with Crippen molar-refractivity contribution < 1.29 is 23.9 Å². The van der Waals surface area contributed by atoms with Gasteiger partial charge in [-0.1, -0.05) is 54.6 Å². The van der Waals surface area contributed by atoms with Gasteiger partial charge in [0, 0.05) is 17.8 Å². The molecule has 186 valence electrons. The van der Waals surface area contributed by atoms with E-state index >= 15 is 0 Å². The number of carbonyl (C=O) groups excluding carboxylic acids is 3. The monoisotopic (exact) mass is 488 g/mol. The summed E-state index contributed by atoms with van der Waals surface area (Å²) in [6.45, 7) is 1.94. The Hall–Kier alpha value is -4.66. The SMILES string of the molecule is COc1cccc(/C=N\NC(=O)C(=O)NCCc2ccccc2)c1OCC(=O)Nc1ccccc1C. The Bertz CT molecular complexity index is 1230. The molecule has 3 aromatic carbocycles. The number of nitrogens with one attached hydrogen (secondary N) is 3. The number of hydrogen-bond acceptors (Lipinski definition) is 6. The second-order valence-corrected chi connectivity index (χ2v) is 7.72. The van der Waals surface area contributed by atoms with Gasteiger partial charge < -0.3 is 20.1 Å². The van der Waals surface area contributed by atoms with Crippen molar-refractivity contribution in [1.29, 1.82) is 0 Å². The Morgan fingerprint density at radius 2 is 1.67 bits per heavy atom. The predicted molar refractivity (Wildman–Crippen MR) is 137 cm³/mol. The summed E-state index contributed by atoms with van der Waals surface area (Å²) < 4.78 is 11.0. The van der Waals surface area contributed by atoms with Gasteiger partial charge >= 0.3 is 11.8 Å². The fourth-order valence-corrected chi connectivity index (χ4v) is 3.24. The van der Waals surface area contributed by atoms with Gasteiger partial charge in [0.25, 0.3) is 5.91 Å². The van der Waals surface area contributed by atoms with Crippen molar-refractivity contribution in [3.63, 3.8) is 0 Å². The Morgan fingerprint density at radius 1 is 0.917 bits per heavy atom. The molecule has 0 heterocycles. The molecule has 36 heavy (non-hydrogen) atoms. The second-order valence-electron chi connectivity index (χ2n) is 7.72. The molecule has 0 spiro atoms. The number of benzene rings is 3. The molecule has 0 aliphatic heterocycles. The van der Waals surface area contributed by atoms with Crippen LogP contribution in [0.1, 0.15) is 16.7 Å². The molecule has 0 aliphatic carbocycles. The van der Waals surface area contributed by atoms with Crippen LogP contribution in [0.25, 0.3) is 0 Å². The number of hydrogen-bond donors (Lipinski definition) is 3. The van der Waals surface area contributed by atoms with Gasteiger partial charge in [0.1, 0.15) is 0 Å². The Labute approximate surface area is 209 Å². The van der Waals surface area contributed by atoms with Crippen molar-refractivity contribution in [2.45, 2.75) is 13.3 Å². The zero-order chi connectivity index (χ0) is 25.8. The van der Waals surface area contributed by atoms with E-state index in [-0.39, 0.29) is 18.3 Å². The van der Waals surface area contributed by atoms with E-state index in [4.69, 9.17) is 9.47 Å². The Balaban J connectivity index is 1.55. The lowest BCUT2D eigenvalue weighted by molar-refractivity contribution is -0.139. The van der Waals surface area contributed by atoms with Gasteiger partial charge in [-0.15, -0.1) is 0 Å². The van der Waals surface area contributed by atoms with Crippen LogP contribution in [-0.4, -0.2) is 44.2 Å². The lowest BCUT2D eigenvalue weighted by Crippen LogP contribution is -2.38. The van der Waals surface area contributed by atoms with E-state index in [1.807, 2.05) is 55.5 Å². The minimum atomic E-state index is -0.901. The summed E-state index contributed by atoms with van der Waals surface area (Å²) >= 11 is 0. The van der Waals surface area contributed by atoms with Gasteiger partial charge in [-0.3, -0.25) is 14.4 Å². The zero-order valence-electron chi connectivity index (χ0n) is 20.1. The lowest BCUT2D eigenvalue weighted by Gasteiger charge is -2.13. The number of amides is 3. The first kappa shape index (κ1) is 26.0. The summed E-state index contributed by atoms with van der Waals surface area (Å²) in [5, 5.41) is 9.20. The van der Waals surface area contributed by atoms with E-state index in [0.717, 1.165) is 11.1 Å². The number of hydrazone groups is 1. The van der Waals surface area contributed by atoms with Crippen molar-refractivity contribution in [2.24, 2.45) is 5.10 Å². The molecule has 0 saturated heterocycles. The number of methoxy groups -OCH3 is 1. The van der Waals surface area contributed by atoms with E-state index < -0.39 is 11.8 Å². The van der Waals surface area contributed by atoms with Gasteiger partial charge in [-0.25, -0.2) is 5.43 Å². The van der Waals surface area contributed by atoms with Crippen molar-refractivity contribution >= 4 is 29.6 Å². The number of rotatable bonds is 10. The average Bonchev–Trinajstić information content (AvgIpc) is 2.89. The molecule has 9 heteroatoms. The maximum atomic E-state index is 12.4. The molecule has 0 aromatic heterocycles. The fraction of sp³-hybridized carbons (Fsp3) is 0.185. The summed E-state index contributed by atoms with van der Waals surface area (Å²) in [6.07, 6.45) is 1.91. The summed E-state index contributed by atoms with van der Waals surface area (Å²) in [4.78, 5) is 36.5. The van der Waals surface area contributed by atoms with E-state index in [1.54, 1.807) is 24.3 Å². The maximum Gasteiger partial charge on any atom is 0.329 e. The molecule has 3 N–H and O–H groups in total. The summed E-state index contributed by atoms with van der Waals surface area (Å²) in [6, 6.07) is 22.1. The summed E-state index contributed by atoms with van der Waals surface area (Å²) in [7, 11) is 1.47. The van der Waals surface area contributed by atoms with E-state index in [0.29, 0.717) is 30.0 Å². The van der Waals surface area contributed by atoms with Gasteiger partial charge in [0.05, 0.1) is 13.3 Å².